The van der Waals surface area contributed by atoms with Crippen molar-refractivity contribution in [3.63, 3.8) is 0 Å². The van der Waals surface area contributed by atoms with Gasteiger partial charge >= 0.3 is 0 Å². The van der Waals surface area contributed by atoms with Crippen LogP contribution in [0, 0.1) is 11.3 Å². The Morgan fingerprint density at radius 2 is 1.63 bits per heavy atom. The normalized spacial score (nSPS) is 10.9. The second-order valence-electron chi connectivity index (χ2n) is 5.85. The molecule has 132 valence electrons. The van der Waals surface area contributed by atoms with Crippen molar-refractivity contribution in [2.24, 2.45) is 0 Å². The van der Waals surface area contributed by atoms with E-state index in [4.69, 9.17) is 4.74 Å². The number of ether oxygens (including phenoxy) is 1. The van der Waals surface area contributed by atoms with Crippen LogP contribution >= 0.6 is 15.9 Å². The molecule has 4 heteroatoms. The summed E-state index contributed by atoms with van der Waals surface area (Å²) in [6, 6.07) is 26.0. The minimum absolute atomic E-state index is 0.102. The molecule has 0 N–H and O–H groups in total. The van der Waals surface area contributed by atoms with Gasteiger partial charge < -0.3 is 4.74 Å². The number of nitrogens with zero attached hydrogens (tertiary/aromatic N) is 1. The summed E-state index contributed by atoms with van der Waals surface area (Å²) in [5.74, 6) is 0.441. The average Bonchev–Trinajstić information content (AvgIpc) is 2.72. The Bertz CT molecular complexity index is 985. The van der Waals surface area contributed by atoms with E-state index in [0.717, 1.165) is 21.3 Å². The van der Waals surface area contributed by atoms with Crippen molar-refractivity contribution < 1.29 is 9.53 Å². The smallest absolute Gasteiger partial charge is 0.203 e. The zero-order valence-corrected chi connectivity index (χ0v) is 16.0. The molecule has 0 radical (unpaired) electrons. The number of hydrogen-bond acceptors (Lipinski definition) is 3. The van der Waals surface area contributed by atoms with Crippen molar-refractivity contribution in [1.82, 2.24) is 0 Å². The number of halogens is 1. The molecule has 0 unspecified atom stereocenters. The quantitative estimate of drug-likeness (QED) is 0.288. The van der Waals surface area contributed by atoms with E-state index in [1.54, 1.807) is 30.3 Å². The van der Waals surface area contributed by atoms with Crippen LogP contribution in [-0.4, -0.2) is 5.78 Å². The van der Waals surface area contributed by atoms with Gasteiger partial charge in [0, 0.05) is 10.0 Å². The van der Waals surface area contributed by atoms with Crippen LogP contribution in [0.3, 0.4) is 0 Å². The summed E-state index contributed by atoms with van der Waals surface area (Å²) in [6.45, 7) is 0.471. The monoisotopic (exact) mass is 417 g/mol. The van der Waals surface area contributed by atoms with Gasteiger partial charge in [0.15, 0.2) is 0 Å². The summed E-state index contributed by atoms with van der Waals surface area (Å²) < 4.78 is 6.80. The van der Waals surface area contributed by atoms with E-state index in [2.05, 4.69) is 15.9 Å². The van der Waals surface area contributed by atoms with Gasteiger partial charge in [0.05, 0.1) is 0 Å². The summed E-state index contributed by atoms with van der Waals surface area (Å²) in [5, 5.41) is 9.34. The Morgan fingerprint density at radius 1 is 0.963 bits per heavy atom. The number of Topliss-reactive ketones (excluding diaryl/α,β-unsaturated/α-hetero) is 1. The minimum Gasteiger partial charge on any atom is -0.489 e. The van der Waals surface area contributed by atoms with Crippen molar-refractivity contribution in [2.45, 2.75) is 6.61 Å². The van der Waals surface area contributed by atoms with Gasteiger partial charge in [0.1, 0.15) is 24.0 Å². The number of ketones is 1. The van der Waals surface area contributed by atoms with Gasteiger partial charge in [-0.3, -0.25) is 4.79 Å². The van der Waals surface area contributed by atoms with E-state index >= 15 is 0 Å². The second-order valence-corrected chi connectivity index (χ2v) is 6.76. The number of nitriles is 1. The topological polar surface area (TPSA) is 50.1 Å². The highest BCUT2D eigenvalue weighted by molar-refractivity contribution is 9.10. The lowest BCUT2D eigenvalue weighted by Crippen LogP contribution is -2.01. The van der Waals surface area contributed by atoms with Crippen LogP contribution in [0.4, 0.5) is 0 Å². The third-order valence-electron chi connectivity index (χ3n) is 3.91. The van der Waals surface area contributed by atoms with Crippen LogP contribution in [0.25, 0.3) is 6.08 Å². The molecule has 0 spiro atoms. The van der Waals surface area contributed by atoms with Crippen LogP contribution < -0.4 is 4.74 Å². The van der Waals surface area contributed by atoms with E-state index in [9.17, 15) is 10.1 Å². The molecule has 0 fully saturated rings. The zero-order valence-electron chi connectivity index (χ0n) is 14.4. The molecule has 3 aromatic carbocycles. The Balaban J connectivity index is 1.68. The highest BCUT2D eigenvalue weighted by Crippen LogP contribution is 2.18. The Morgan fingerprint density at radius 3 is 2.26 bits per heavy atom. The molecule has 0 saturated carbocycles. The predicted molar refractivity (Wildman–Crippen MR) is 109 cm³/mol. The van der Waals surface area contributed by atoms with E-state index in [1.807, 2.05) is 60.7 Å². The lowest BCUT2D eigenvalue weighted by atomic mass is 10.0. The molecule has 0 saturated heterocycles. The predicted octanol–water partition coefficient (Wildman–Crippen LogP) is 5.82. The molecule has 0 aliphatic rings. The number of rotatable bonds is 6. The largest absolute Gasteiger partial charge is 0.489 e. The van der Waals surface area contributed by atoms with E-state index < -0.39 is 0 Å². The van der Waals surface area contributed by atoms with E-state index in [0.29, 0.717) is 12.2 Å². The fourth-order valence-corrected chi connectivity index (χ4v) is 2.73. The molecule has 0 aliphatic heterocycles. The molecule has 27 heavy (non-hydrogen) atoms. The highest BCUT2D eigenvalue weighted by atomic mass is 79.9. The third-order valence-corrected chi connectivity index (χ3v) is 4.44. The van der Waals surface area contributed by atoms with Crippen molar-refractivity contribution in [3.05, 3.63) is 106 Å². The lowest BCUT2D eigenvalue weighted by molar-refractivity contribution is 0.104. The summed E-state index contributed by atoms with van der Waals surface area (Å²) in [6.07, 6.45) is 1.59. The van der Waals surface area contributed by atoms with Crippen LogP contribution in [0.1, 0.15) is 21.5 Å². The summed E-state index contributed by atoms with van der Waals surface area (Å²) in [5.41, 5.74) is 2.44. The van der Waals surface area contributed by atoms with Crippen LogP contribution in [0.2, 0.25) is 0 Å². The Labute approximate surface area is 166 Å². The lowest BCUT2D eigenvalue weighted by Gasteiger charge is -2.07. The van der Waals surface area contributed by atoms with Crippen LogP contribution in [-0.2, 0) is 6.61 Å². The maximum absolute atomic E-state index is 12.4. The summed E-state index contributed by atoms with van der Waals surface area (Å²) in [4.78, 5) is 12.4. The van der Waals surface area contributed by atoms with Gasteiger partial charge in [-0.05, 0) is 41.5 Å². The fourth-order valence-electron chi connectivity index (χ4n) is 2.47. The van der Waals surface area contributed by atoms with Gasteiger partial charge in [-0.1, -0.05) is 70.5 Å². The molecular weight excluding hydrogens is 402 g/mol. The zero-order chi connectivity index (χ0) is 19.1. The summed E-state index contributed by atoms with van der Waals surface area (Å²) in [7, 11) is 0. The second kappa shape index (κ2) is 8.98. The van der Waals surface area contributed by atoms with Gasteiger partial charge in [-0.15, -0.1) is 0 Å². The third kappa shape index (κ3) is 5.16. The average molecular weight is 418 g/mol. The number of benzene rings is 3. The maximum Gasteiger partial charge on any atom is 0.203 e. The maximum atomic E-state index is 12.4. The van der Waals surface area contributed by atoms with Crippen molar-refractivity contribution in [1.29, 1.82) is 5.26 Å². The first-order valence-electron chi connectivity index (χ1n) is 8.34. The van der Waals surface area contributed by atoms with Crippen molar-refractivity contribution in [3.8, 4) is 11.8 Å². The SMILES string of the molecule is N#CC(=Cc1ccc(OCc2ccc(Br)cc2)cc1)C(=O)c1ccccc1. The van der Waals surface area contributed by atoms with Gasteiger partial charge in [-0.25, -0.2) is 0 Å². The van der Waals surface area contributed by atoms with E-state index in [1.165, 1.54) is 0 Å². The summed E-state index contributed by atoms with van der Waals surface area (Å²) >= 11 is 3.41. The van der Waals surface area contributed by atoms with Crippen LogP contribution in [0.15, 0.2) is 88.9 Å². The Kier molecular flexibility index (Phi) is 6.19. The molecule has 3 rings (SSSR count). The molecule has 0 aliphatic carbocycles. The number of allylic oxidation sites excluding steroid dienone is 1. The first-order valence-corrected chi connectivity index (χ1v) is 9.14. The first kappa shape index (κ1) is 18.6. The number of carbonyl (C=O) groups is 1. The van der Waals surface area contributed by atoms with Gasteiger partial charge in [0.25, 0.3) is 0 Å². The first-order chi connectivity index (χ1) is 13.2. The van der Waals surface area contributed by atoms with Crippen molar-refractivity contribution >= 4 is 27.8 Å². The molecule has 3 nitrogen and oxygen atoms in total. The number of carbonyl (C=O) groups excluding carboxylic acids is 1. The van der Waals surface area contributed by atoms with Crippen LogP contribution in [0.5, 0.6) is 5.75 Å². The molecule has 0 aromatic heterocycles. The molecular formula is C23H16BrNO2. The van der Waals surface area contributed by atoms with Gasteiger partial charge in [0.2, 0.25) is 5.78 Å². The molecule has 0 atom stereocenters. The van der Waals surface area contributed by atoms with E-state index in [-0.39, 0.29) is 11.4 Å². The molecule has 0 heterocycles. The molecule has 0 bridgehead atoms. The molecule has 0 amide bonds. The number of hydrogen-bond donors (Lipinski definition) is 0. The highest BCUT2D eigenvalue weighted by Gasteiger charge is 2.11. The minimum atomic E-state index is -0.284. The molecule has 3 aromatic rings. The standard InChI is InChI=1S/C23H16BrNO2/c24-21-10-6-18(7-11-21)16-27-22-12-8-17(9-13-22)14-20(15-25)23(26)19-4-2-1-3-5-19/h1-14H,16H2. The van der Waals surface area contributed by atoms with Crippen molar-refractivity contribution in [2.75, 3.05) is 0 Å². The van der Waals surface area contributed by atoms with Gasteiger partial charge in [-0.2, -0.15) is 5.26 Å². The Hall–Kier alpha value is -3.16. The fraction of sp³-hybridized carbons (Fsp3) is 0.0435.